The Balaban J connectivity index is 2.97. The second-order valence-electron chi connectivity index (χ2n) is 5.54. The molecule has 26 heavy (non-hydrogen) atoms. The van der Waals surface area contributed by atoms with Gasteiger partial charge >= 0.3 is 13.5 Å². The number of nitrogens with zero attached hydrogens (tertiary/aromatic N) is 1. The molecular formula is C18H27N2O4PS. The molecule has 0 saturated heterocycles. The SMILES string of the molecule is CCCCSc1cccc(C(N)=NP(=O)(CC)OC(C)=CC(=O)OC)c1. The van der Waals surface area contributed by atoms with E-state index in [0.29, 0.717) is 5.56 Å². The Bertz CT molecular complexity index is 719. The van der Waals surface area contributed by atoms with Gasteiger partial charge < -0.3 is 15.0 Å². The Morgan fingerprint density at radius 2 is 2.12 bits per heavy atom. The van der Waals surface area contributed by atoms with E-state index in [1.165, 1.54) is 14.0 Å². The molecule has 0 aromatic heterocycles. The van der Waals surface area contributed by atoms with Gasteiger partial charge in [-0.15, -0.1) is 11.8 Å². The summed E-state index contributed by atoms with van der Waals surface area (Å²) in [5.74, 6) is 0.769. The largest absolute Gasteiger partial charge is 0.466 e. The van der Waals surface area contributed by atoms with Gasteiger partial charge in [-0.25, -0.2) is 4.79 Å². The number of allylic oxidation sites excluding steroid dienone is 1. The van der Waals surface area contributed by atoms with E-state index in [0.717, 1.165) is 29.6 Å². The van der Waals surface area contributed by atoms with Crippen molar-refractivity contribution in [3.8, 4) is 0 Å². The molecule has 0 aliphatic heterocycles. The van der Waals surface area contributed by atoms with Crippen LogP contribution in [0.4, 0.5) is 0 Å². The van der Waals surface area contributed by atoms with Crippen molar-refractivity contribution in [2.45, 2.75) is 38.5 Å². The van der Waals surface area contributed by atoms with Crippen molar-refractivity contribution in [2.75, 3.05) is 19.0 Å². The van der Waals surface area contributed by atoms with Crippen LogP contribution in [0.25, 0.3) is 0 Å². The third-order valence-corrected chi connectivity index (χ3v) is 6.34. The van der Waals surface area contributed by atoms with E-state index < -0.39 is 13.5 Å². The van der Waals surface area contributed by atoms with Crippen LogP contribution in [-0.2, 0) is 18.6 Å². The summed E-state index contributed by atoms with van der Waals surface area (Å²) in [6.07, 6.45) is 3.57. The van der Waals surface area contributed by atoms with Gasteiger partial charge in [0.05, 0.1) is 19.3 Å². The maximum atomic E-state index is 12.9. The number of methoxy groups -OCH3 is 1. The second kappa shape index (κ2) is 11.1. The summed E-state index contributed by atoms with van der Waals surface area (Å²) < 4.78 is 26.9. The standard InChI is InChI=1S/C18H27N2O4PS/c1-5-7-11-26-16-10-8-9-15(13-16)18(19)20-25(22,6-2)24-14(3)12-17(21)23-4/h8-10,12-13H,5-7,11H2,1-4H3,(H2,19,20,22). The molecule has 1 atom stereocenters. The first kappa shape index (κ1) is 22.3. The van der Waals surface area contributed by atoms with Crippen molar-refractivity contribution in [1.29, 1.82) is 0 Å². The Morgan fingerprint density at radius 1 is 1.38 bits per heavy atom. The van der Waals surface area contributed by atoms with Crippen LogP contribution in [0.15, 0.2) is 45.8 Å². The van der Waals surface area contributed by atoms with Crippen LogP contribution in [0.3, 0.4) is 0 Å². The Kier molecular flexibility index (Phi) is 9.52. The van der Waals surface area contributed by atoms with Crippen molar-refractivity contribution >= 4 is 31.1 Å². The number of thioether (sulfide) groups is 1. The minimum Gasteiger partial charge on any atom is -0.466 e. The third-order valence-electron chi connectivity index (χ3n) is 3.37. The van der Waals surface area contributed by atoms with Gasteiger partial charge in [0.15, 0.2) is 0 Å². The molecule has 2 N–H and O–H groups in total. The number of benzene rings is 1. The predicted molar refractivity (Wildman–Crippen MR) is 108 cm³/mol. The quantitative estimate of drug-likeness (QED) is 0.0906. The van der Waals surface area contributed by atoms with Crippen LogP contribution in [0.1, 0.15) is 39.2 Å². The highest BCUT2D eigenvalue weighted by atomic mass is 32.2. The number of rotatable bonds is 10. The van der Waals surface area contributed by atoms with E-state index in [-0.39, 0.29) is 17.8 Å². The minimum atomic E-state index is -3.41. The summed E-state index contributed by atoms with van der Waals surface area (Å²) in [6.45, 7) is 5.37. The zero-order valence-electron chi connectivity index (χ0n) is 15.7. The highest BCUT2D eigenvalue weighted by Crippen LogP contribution is 2.50. The highest BCUT2D eigenvalue weighted by molar-refractivity contribution is 7.99. The molecule has 0 aliphatic carbocycles. The van der Waals surface area contributed by atoms with Crippen LogP contribution in [0.2, 0.25) is 0 Å². The van der Waals surface area contributed by atoms with E-state index in [9.17, 15) is 9.36 Å². The molecule has 0 saturated carbocycles. The molecule has 8 heteroatoms. The first-order valence-electron chi connectivity index (χ1n) is 8.47. The van der Waals surface area contributed by atoms with Gasteiger partial charge in [0.25, 0.3) is 0 Å². The molecule has 0 heterocycles. The summed E-state index contributed by atoms with van der Waals surface area (Å²) >= 11 is 1.75. The summed E-state index contributed by atoms with van der Waals surface area (Å²) in [6, 6.07) is 7.65. The van der Waals surface area contributed by atoms with Gasteiger partial charge in [-0.3, -0.25) is 4.57 Å². The number of carbonyl (C=O) groups excluding carboxylic acids is 1. The first-order valence-corrected chi connectivity index (χ1v) is 11.2. The van der Waals surface area contributed by atoms with Crippen molar-refractivity contribution in [1.82, 2.24) is 0 Å². The second-order valence-corrected chi connectivity index (χ2v) is 9.00. The predicted octanol–water partition coefficient (Wildman–Crippen LogP) is 4.59. The molecule has 6 nitrogen and oxygen atoms in total. The van der Waals surface area contributed by atoms with Crippen LogP contribution in [-0.4, -0.2) is 30.8 Å². The van der Waals surface area contributed by atoms with Crippen LogP contribution in [0.5, 0.6) is 0 Å². The van der Waals surface area contributed by atoms with Gasteiger partial charge in [-0.2, -0.15) is 4.76 Å². The van der Waals surface area contributed by atoms with E-state index in [2.05, 4.69) is 16.4 Å². The topological polar surface area (TPSA) is 91.0 Å². The molecule has 0 fully saturated rings. The molecule has 0 amide bonds. The average molecular weight is 398 g/mol. The van der Waals surface area contributed by atoms with E-state index in [4.69, 9.17) is 10.3 Å². The van der Waals surface area contributed by atoms with E-state index in [1.54, 1.807) is 18.7 Å². The van der Waals surface area contributed by atoms with Crippen molar-refractivity contribution in [3.63, 3.8) is 0 Å². The average Bonchev–Trinajstić information content (AvgIpc) is 2.61. The summed E-state index contributed by atoms with van der Waals surface area (Å²) in [5, 5.41) is 0. The fourth-order valence-corrected chi connectivity index (χ4v) is 4.24. The third kappa shape index (κ3) is 7.67. The number of hydrogen-bond acceptors (Lipinski definition) is 5. The van der Waals surface area contributed by atoms with Crippen LogP contribution in [0, 0.1) is 0 Å². The molecular weight excluding hydrogens is 371 g/mol. The lowest BCUT2D eigenvalue weighted by Crippen LogP contribution is -2.14. The molecule has 1 rings (SSSR count). The lowest BCUT2D eigenvalue weighted by molar-refractivity contribution is -0.135. The lowest BCUT2D eigenvalue weighted by Gasteiger charge is -2.15. The van der Waals surface area contributed by atoms with Crippen molar-refractivity contribution < 1.29 is 18.6 Å². The van der Waals surface area contributed by atoms with Crippen LogP contribution < -0.4 is 5.73 Å². The smallest absolute Gasteiger partial charge is 0.363 e. The Morgan fingerprint density at radius 3 is 2.73 bits per heavy atom. The Labute approximate surface area is 159 Å². The minimum absolute atomic E-state index is 0.152. The van der Waals surface area contributed by atoms with Crippen LogP contribution >= 0.6 is 19.3 Å². The summed E-state index contributed by atoms with van der Waals surface area (Å²) in [7, 11) is -2.15. The van der Waals surface area contributed by atoms with Gasteiger partial charge in [0, 0.05) is 10.5 Å². The maximum absolute atomic E-state index is 12.9. The van der Waals surface area contributed by atoms with Crippen molar-refractivity contribution in [3.05, 3.63) is 41.7 Å². The number of amidine groups is 1. The van der Waals surface area contributed by atoms with E-state index in [1.807, 2.05) is 24.3 Å². The number of esters is 1. The molecule has 0 bridgehead atoms. The summed E-state index contributed by atoms with van der Waals surface area (Å²) in [5.41, 5.74) is 6.75. The number of unbranched alkanes of at least 4 members (excludes halogenated alkanes) is 1. The maximum Gasteiger partial charge on any atom is 0.363 e. The lowest BCUT2D eigenvalue weighted by atomic mass is 10.2. The zero-order valence-corrected chi connectivity index (χ0v) is 17.4. The Hall–Kier alpha value is -1.72. The molecule has 1 aromatic carbocycles. The number of ether oxygens (including phenoxy) is 1. The molecule has 1 aromatic rings. The van der Waals surface area contributed by atoms with Gasteiger partial charge in [-0.05, 0) is 31.2 Å². The van der Waals surface area contributed by atoms with Gasteiger partial charge in [0.2, 0.25) is 0 Å². The molecule has 144 valence electrons. The molecule has 1 unspecified atom stereocenters. The molecule has 0 radical (unpaired) electrons. The molecule has 0 spiro atoms. The van der Waals surface area contributed by atoms with Gasteiger partial charge in [0.1, 0.15) is 11.6 Å². The monoisotopic (exact) mass is 398 g/mol. The number of hydrogen-bond donors (Lipinski definition) is 1. The van der Waals surface area contributed by atoms with Gasteiger partial charge in [-0.1, -0.05) is 32.4 Å². The van der Waals surface area contributed by atoms with Crippen molar-refractivity contribution in [2.24, 2.45) is 10.5 Å². The fraction of sp³-hybridized carbons (Fsp3) is 0.444. The fourth-order valence-electron chi connectivity index (χ4n) is 1.93. The number of carbonyl (C=O) groups is 1. The highest BCUT2D eigenvalue weighted by Gasteiger charge is 2.22. The van der Waals surface area contributed by atoms with E-state index >= 15 is 0 Å². The zero-order chi connectivity index (χ0) is 19.6. The number of nitrogens with two attached hydrogens (primary N) is 1. The summed E-state index contributed by atoms with van der Waals surface area (Å²) in [4.78, 5) is 12.3. The molecule has 0 aliphatic rings. The first-order chi connectivity index (χ1) is 12.3. The normalized spacial score (nSPS) is 14.6.